The molecule has 0 radical (unpaired) electrons. The highest BCUT2D eigenvalue weighted by Gasteiger charge is 2.37. The molecule has 170 valence electrons. The third kappa shape index (κ3) is 4.72. The average Bonchev–Trinajstić information content (AvgIpc) is 2.79. The first kappa shape index (κ1) is 23.2. The molecule has 1 unspecified atom stereocenters. The van der Waals surface area contributed by atoms with Crippen molar-refractivity contribution in [1.82, 2.24) is 0 Å². The molecule has 8 nitrogen and oxygen atoms in total. The molecule has 3 rings (SSSR count). The van der Waals surface area contributed by atoms with Gasteiger partial charge in [0.25, 0.3) is 0 Å². The lowest BCUT2D eigenvalue weighted by molar-refractivity contribution is -0.140. The Balaban J connectivity index is 1.97. The molecule has 1 heterocycles. The summed E-state index contributed by atoms with van der Waals surface area (Å²) in [6.45, 7) is 3.46. The minimum absolute atomic E-state index is 0.0742. The smallest absolute Gasteiger partial charge is 0.338 e. The molecular formula is C24H28N2O6. The molecule has 0 spiro atoms. The van der Waals surface area contributed by atoms with Crippen LogP contribution in [0.15, 0.2) is 41.0 Å². The van der Waals surface area contributed by atoms with E-state index in [4.69, 9.17) is 24.7 Å². The summed E-state index contributed by atoms with van der Waals surface area (Å²) in [5, 5.41) is 9.71. The average molecular weight is 440 g/mol. The second-order valence-corrected chi connectivity index (χ2v) is 7.78. The van der Waals surface area contributed by atoms with Crippen LogP contribution in [0.1, 0.15) is 57.4 Å². The Labute approximate surface area is 187 Å². The highest BCUT2D eigenvalue weighted by molar-refractivity contribution is 5.92. The van der Waals surface area contributed by atoms with Crippen LogP contribution in [0.3, 0.4) is 0 Å². The minimum Gasteiger partial charge on any atom is -0.493 e. The van der Waals surface area contributed by atoms with Gasteiger partial charge in [-0.15, -0.1) is 0 Å². The predicted molar refractivity (Wildman–Crippen MR) is 115 cm³/mol. The Hall–Kier alpha value is -3.47. The highest BCUT2D eigenvalue weighted by atomic mass is 16.6. The van der Waals surface area contributed by atoms with E-state index in [0.29, 0.717) is 11.3 Å². The van der Waals surface area contributed by atoms with Crippen LogP contribution in [0.4, 0.5) is 0 Å². The number of carbonyl (C=O) groups is 2. The lowest BCUT2D eigenvalue weighted by Gasteiger charge is -2.27. The van der Waals surface area contributed by atoms with Gasteiger partial charge in [-0.3, -0.25) is 4.79 Å². The SMILES string of the molecule is CCOC(=O)C1=C(C)OC(N)=C(C#N)C1c1ccc(OC(=O)C2CCCCC2)c(OC)c1. The molecule has 1 fully saturated rings. The van der Waals surface area contributed by atoms with E-state index in [1.165, 1.54) is 7.11 Å². The minimum atomic E-state index is -0.801. The lowest BCUT2D eigenvalue weighted by Crippen LogP contribution is -2.25. The summed E-state index contributed by atoms with van der Waals surface area (Å²) >= 11 is 0. The van der Waals surface area contributed by atoms with E-state index in [9.17, 15) is 14.9 Å². The Morgan fingerprint density at radius 1 is 1.22 bits per heavy atom. The van der Waals surface area contributed by atoms with Crippen LogP contribution in [0.25, 0.3) is 0 Å². The first-order chi connectivity index (χ1) is 15.4. The number of rotatable bonds is 6. The third-order valence-electron chi connectivity index (χ3n) is 5.77. The highest BCUT2D eigenvalue weighted by Crippen LogP contribution is 2.42. The fourth-order valence-electron chi connectivity index (χ4n) is 4.17. The molecule has 1 aromatic carbocycles. The molecule has 0 saturated heterocycles. The quantitative estimate of drug-likeness (QED) is 0.523. The maximum atomic E-state index is 12.7. The summed E-state index contributed by atoms with van der Waals surface area (Å²) in [6, 6.07) is 6.96. The molecule has 32 heavy (non-hydrogen) atoms. The summed E-state index contributed by atoms with van der Waals surface area (Å²) in [6.07, 6.45) is 4.83. The zero-order valence-electron chi connectivity index (χ0n) is 18.6. The number of ether oxygens (including phenoxy) is 4. The van der Waals surface area contributed by atoms with E-state index in [0.717, 1.165) is 32.1 Å². The fourth-order valence-corrected chi connectivity index (χ4v) is 4.17. The topological polar surface area (TPSA) is 121 Å². The van der Waals surface area contributed by atoms with Crippen LogP contribution in [0, 0.1) is 17.2 Å². The maximum absolute atomic E-state index is 12.7. The van der Waals surface area contributed by atoms with Crippen LogP contribution >= 0.6 is 0 Å². The Morgan fingerprint density at radius 2 is 1.94 bits per heavy atom. The molecule has 0 amide bonds. The van der Waals surface area contributed by atoms with Gasteiger partial charge in [-0.25, -0.2) is 4.79 Å². The molecule has 1 aliphatic carbocycles. The Kier molecular flexibility index (Phi) is 7.41. The number of nitriles is 1. The molecule has 1 aromatic rings. The maximum Gasteiger partial charge on any atom is 0.338 e. The summed E-state index contributed by atoms with van der Waals surface area (Å²) in [5.74, 6) is -0.995. The van der Waals surface area contributed by atoms with E-state index >= 15 is 0 Å². The molecule has 0 aromatic heterocycles. The lowest BCUT2D eigenvalue weighted by atomic mass is 9.83. The fraction of sp³-hybridized carbons (Fsp3) is 0.458. The molecule has 2 N–H and O–H groups in total. The van der Waals surface area contributed by atoms with Crippen LogP contribution in [0.5, 0.6) is 11.5 Å². The van der Waals surface area contributed by atoms with Crippen molar-refractivity contribution in [1.29, 1.82) is 5.26 Å². The number of esters is 2. The van der Waals surface area contributed by atoms with Crippen LogP contribution < -0.4 is 15.2 Å². The largest absolute Gasteiger partial charge is 0.493 e. The molecule has 2 aliphatic rings. The number of nitrogens with two attached hydrogens (primary N) is 1. The number of benzene rings is 1. The molecular weight excluding hydrogens is 412 g/mol. The number of carbonyl (C=O) groups excluding carboxylic acids is 2. The summed E-state index contributed by atoms with van der Waals surface area (Å²) in [5.41, 5.74) is 6.78. The molecule has 8 heteroatoms. The van der Waals surface area contributed by atoms with Gasteiger partial charge in [-0.2, -0.15) is 5.26 Å². The predicted octanol–water partition coefficient (Wildman–Crippen LogP) is 3.83. The molecule has 1 aliphatic heterocycles. The first-order valence-corrected chi connectivity index (χ1v) is 10.8. The number of hydrogen-bond acceptors (Lipinski definition) is 8. The zero-order valence-corrected chi connectivity index (χ0v) is 18.6. The van der Waals surface area contributed by atoms with E-state index in [1.807, 2.05) is 6.07 Å². The van der Waals surface area contributed by atoms with E-state index < -0.39 is 11.9 Å². The van der Waals surface area contributed by atoms with Gasteiger partial charge >= 0.3 is 11.9 Å². The second-order valence-electron chi connectivity index (χ2n) is 7.78. The van der Waals surface area contributed by atoms with Crippen molar-refractivity contribution in [3.8, 4) is 17.6 Å². The van der Waals surface area contributed by atoms with Crippen molar-refractivity contribution in [2.45, 2.75) is 51.9 Å². The monoisotopic (exact) mass is 440 g/mol. The van der Waals surface area contributed by atoms with Crippen LogP contribution in [-0.4, -0.2) is 25.7 Å². The van der Waals surface area contributed by atoms with E-state index in [-0.39, 0.29) is 47.0 Å². The van der Waals surface area contributed by atoms with Crippen molar-refractivity contribution in [3.05, 3.63) is 46.6 Å². The number of hydrogen-bond donors (Lipinski definition) is 1. The second kappa shape index (κ2) is 10.2. The van der Waals surface area contributed by atoms with Gasteiger partial charge in [0.05, 0.1) is 31.1 Å². The third-order valence-corrected chi connectivity index (χ3v) is 5.77. The van der Waals surface area contributed by atoms with Gasteiger partial charge in [0, 0.05) is 0 Å². The standard InChI is InChI=1S/C24H28N2O6/c1-4-30-24(28)20-14(2)31-22(26)17(13-25)21(20)16-10-11-18(19(12-16)29-3)32-23(27)15-8-6-5-7-9-15/h10-12,15,21H,4-9,26H2,1-3H3. The number of allylic oxidation sites excluding steroid dienone is 2. The van der Waals surface area contributed by atoms with Crippen molar-refractivity contribution >= 4 is 11.9 Å². The van der Waals surface area contributed by atoms with Gasteiger partial charge in [0.2, 0.25) is 5.88 Å². The normalized spacial score (nSPS) is 19.1. The van der Waals surface area contributed by atoms with E-state index in [2.05, 4.69) is 0 Å². The van der Waals surface area contributed by atoms with Gasteiger partial charge in [0.15, 0.2) is 11.5 Å². The van der Waals surface area contributed by atoms with Gasteiger partial charge in [-0.05, 0) is 44.4 Å². The van der Waals surface area contributed by atoms with Crippen LogP contribution in [-0.2, 0) is 19.1 Å². The summed E-state index contributed by atoms with van der Waals surface area (Å²) < 4.78 is 21.7. The van der Waals surface area contributed by atoms with Crippen molar-refractivity contribution in [2.75, 3.05) is 13.7 Å². The van der Waals surface area contributed by atoms with Gasteiger partial charge < -0.3 is 24.7 Å². The Bertz CT molecular complexity index is 998. The van der Waals surface area contributed by atoms with Crippen molar-refractivity contribution < 1.29 is 28.5 Å². The summed E-state index contributed by atoms with van der Waals surface area (Å²) in [4.78, 5) is 25.3. The van der Waals surface area contributed by atoms with Crippen molar-refractivity contribution in [2.24, 2.45) is 11.7 Å². The molecule has 1 atom stereocenters. The van der Waals surface area contributed by atoms with Crippen LogP contribution in [0.2, 0.25) is 0 Å². The first-order valence-electron chi connectivity index (χ1n) is 10.8. The zero-order chi connectivity index (χ0) is 23.3. The molecule has 0 bridgehead atoms. The van der Waals surface area contributed by atoms with Gasteiger partial charge in [-0.1, -0.05) is 25.3 Å². The summed E-state index contributed by atoms with van der Waals surface area (Å²) in [7, 11) is 1.46. The molecule has 1 saturated carbocycles. The van der Waals surface area contributed by atoms with E-state index in [1.54, 1.807) is 32.0 Å². The van der Waals surface area contributed by atoms with Gasteiger partial charge in [0.1, 0.15) is 17.4 Å². The Morgan fingerprint density at radius 3 is 2.56 bits per heavy atom. The number of methoxy groups -OCH3 is 1. The number of nitrogens with zero attached hydrogens (tertiary/aromatic N) is 1. The van der Waals surface area contributed by atoms with Crippen molar-refractivity contribution in [3.63, 3.8) is 0 Å².